The Balaban J connectivity index is 2.50. The quantitative estimate of drug-likeness (QED) is 0.610. The van der Waals surface area contributed by atoms with Crippen molar-refractivity contribution in [3.05, 3.63) is 16.4 Å². The van der Waals surface area contributed by atoms with Gasteiger partial charge in [0.25, 0.3) is 0 Å². The SMILES string of the molecule is C#CCCCNCc1c(Cl)c(C)nn1CC. The Morgan fingerprint density at radius 3 is 2.94 bits per heavy atom. The van der Waals surface area contributed by atoms with Gasteiger partial charge in [0, 0.05) is 19.5 Å². The molecule has 0 bridgehead atoms. The molecule has 0 aliphatic rings. The average Bonchev–Trinajstić information content (AvgIpc) is 2.56. The first kappa shape index (κ1) is 13.1. The van der Waals surface area contributed by atoms with Crippen LogP contribution in [-0.2, 0) is 13.1 Å². The summed E-state index contributed by atoms with van der Waals surface area (Å²) >= 11 is 6.18. The van der Waals surface area contributed by atoms with E-state index in [4.69, 9.17) is 18.0 Å². The minimum Gasteiger partial charge on any atom is -0.311 e. The number of nitrogens with one attached hydrogen (secondary N) is 1. The third-order valence-electron chi connectivity index (χ3n) is 2.42. The highest BCUT2D eigenvalue weighted by Crippen LogP contribution is 2.19. The molecule has 1 heterocycles. The van der Waals surface area contributed by atoms with E-state index in [9.17, 15) is 0 Å². The molecule has 1 rings (SSSR count). The molecule has 0 aromatic carbocycles. The number of unbranched alkanes of at least 4 members (excludes halogenated alkanes) is 1. The van der Waals surface area contributed by atoms with Gasteiger partial charge in [-0.1, -0.05) is 11.6 Å². The van der Waals surface area contributed by atoms with Crippen LogP contribution < -0.4 is 5.32 Å². The van der Waals surface area contributed by atoms with Crippen LogP contribution >= 0.6 is 11.6 Å². The molecule has 0 saturated heterocycles. The zero-order chi connectivity index (χ0) is 12.0. The molecule has 0 radical (unpaired) electrons. The summed E-state index contributed by atoms with van der Waals surface area (Å²) in [6, 6.07) is 0. The van der Waals surface area contributed by atoms with E-state index in [1.54, 1.807) is 0 Å². The zero-order valence-corrected chi connectivity index (χ0v) is 10.6. The summed E-state index contributed by atoms with van der Waals surface area (Å²) in [5.41, 5.74) is 1.95. The summed E-state index contributed by atoms with van der Waals surface area (Å²) < 4.78 is 1.94. The Kier molecular flexibility index (Phi) is 5.37. The molecule has 1 N–H and O–H groups in total. The number of aryl methyl sites for hydroxylation is 2. The molecule has 0 spiro atoms. The maximum absolute atomic E-state index is 6.18. The van der Waals surface area contributed by atoms with Crippen LogP contribution in [0.25, 0.3) is 0 Å². The molecule has 16 heavy (non-hydrogen) atoms. The molecule has 88 valence electrons. The molecule has 0 aliphatic carbocycles. The molecule has 1 aromatic heterocycles. The fourth-order valence-electron chi connectivity index (χ4n) is 1.56. The van der Waals surface area contributed by atoms with Crippen molar-refractivity contribution in [2.24, 2.45) is 0 Å². The first-order valence-electron chi connectivity index (χ1n) is 5.56. The molecule has 0 atom stereocenters. The van der Waals surface area contributed by atoms with Gasteiger partial charge in [0.05, 0.1) is 16.4 Å². The van der Waals surface area contributed by atoms with Gasteiger partial charge in [-0.25, -0.2) is 0 Å². The van der Waals surface area contributed by atoms with E-state index in [2.05, 4.69) is 23.3 Å². The van der Waals surface area contributed by atoms with E-state index in [1.165, 1.54) is 0 Å². The molecule has 0 saturated carbocycles. The van der Waals surface area contributed by atoms with Crippen LogP contribution in [0.3, 0.4) is 0 Å². The van der Waals surface area contributed by atoms with Crippen molar-refractivity contribution >= 4 is 11.6 Å². The molecular formula is C12H18ClN3. The fourth-order valence-corrected chi connectivity index (χ4v) is 1.76. The minimum absolute atomic E-state index is 0.748. The van der Waals surface area contributed by atoms with E-state index in [1.807, 2.05) is 11.6 Å². The van der Waals surface area contributed by atoms with Crippen LogP contribution in [0.2, 0.25) is 5.02 Å². The summed E-state index contributed by atoms with van der Waals surface area (Å²) in [7, 11) is 0. The van der Waals surface area contributed by atoms with E-state index in [-0.39, 0.29) is 0 Å². The van der Waals surface area contributed by atoms with Crippen LogP contribution in [-0.4, -0.2) is 16.3 Å². The van der Waals surface area contributed by atoms with Crippen molar-refractivity contribution in [3.8, 4) is 12.3 Å². The van der Waals surface area contributed by atoms with Crippen LogP contribution in [0.15, 0.2) is 0 Å². The van der Waals surface area contributed by atoms with Crippen molar-refractivity contribution in [3.63, 3.8) is 0 Å². The third kappa shape index (κ3) is 3.26. The predicted octanol–water partition coefficient (Wildman–Crippen LogP) is 2.37. The highest BCUT2D eigenvalue weighted by atomic mass is 35.5. The first-order valence-corrected chi connectivity index (χ1v) is 5.94. The second-order valence-electron chi connectivity index (χ2n) is 3.65. The second kappa shape index (κ2) is 6.57. The lowest BCUT2D eigenvalue weighted by atomic mass is 10.3. The van der Waals surface area contributed by atoms with E-state index >= 15 is 0 Å². The summed E-state index contributed by atoms with van der Waals surface area (Å²) in [6.45, 7) is 6.49. The van der Waals surface area contributed by atoms with Gasteiger partial charge in [-0.2, -0.15) is 5.10 Å². The third-order valence-corrected chi connectivity index (χ3v) is 2.91. The smallest absolute Gasteiger partial charge is 0.0860 e. The summed E-state index contributed by atoms with van der Waals surface area (Å²) in [5, 5.41) is 8.45. The molecule has 0 amide bonds. The Hall–Kier alpha value is -0.980. The molecule has 3 nitrogen and oxygen atoms in total. The standard InChI is InChI=1S/C12H18ClN3/c1-4-6-7-8-14-9-11-12(13)10(3)15-16(11)5-2/h1,14H,5-9H2,2-3H3. The average molecular weight is 240 g/mol. The largest absolute Gasteiger partial charge is 0.311 e. The number of terminal acetylenes is 1. The highest BCUT2D eigenvalue weighted by Gasteiger charge is 2.11. The van der Waals surface area contributed by atoms with E-state index in [0.717, 1.165) is 48.9 Å². The van der Waals surface area contributed by atoms with Gasteiger partial charge in [-0.15, -0.1) is 12.3 Å². The lowest BCUT2D eigenvalue weighted by Crippen LogP contribution is -2.17. The van der Waals surface area contributed by atoms with Crippen LogP contribution in [0.1, 0.15) is 31.2 Å². The minimum atomic E-state index is 0.748. The van der Waals surface area contributed by atoms with E-state index in [0.29, 0.717) is 0 Å². The Morgan fingerprint density at radius 1 is 1.56 bits per heavy atom. The Morgan fingerprint density at radius 2 is 2.31 bits per heavy atom. The van der Waals surface area contributed by atoms with Gasteiger partial charge in [0.1, 0.15) is 0 Å². The normalized spacial score (nSPS) is 10.4. The lowest BCUT2D eigenvalue weighted by molar-refractivity contribution is 0.574. The van der Waals surface area contributed by atoms with Gasteiger partial charge >= 0.3 is 0 Å². The van der Waals surface area contributed by atoms with Crippen LogP contribution in [0.5, 0.6) is 0 Å². The van der Waals surface area contributed by atoms with Crippen molar-refractivity contribution in [1.29, 1.82) is 0 Å². The van der Waals surface area contributed by atoms with Gasteiger partial charge in [-0.3, -0.25) is 4.68 Å². The number of hydrogen-bond acceptors (Lipinski definition) is 2. The molecule has 4 heteroatoms. The van der Waals surface area contributed by atoms with E-state index < -0.39 is 0 Å². The molecule has 1 aromatic rings. The predicted molar refractivity (Wildman–Crippen MR) is 67.4 cm³/mol. The summed E-state index contributed by atoms with van der Waals surface area (Å²) in [6.07, 6.45) is 6.99. The van der Waals surface area contributed by atoms with Crippen molar-refractivity contribution in [1.82, 2.24) is 15.1 Å². The van der Waals surface area contributed by atoms with Crippen LogP contribution in [0.4, 0.5) is 0 Å². The van der Waals surface area contributed by atoms with Crippen molar-refractivity contribution in [2.75, 3.05) is 6.54 Å². The van der Waals surface area contributed by atoms with Gasteiger partial charge in [-0.05, 0) is 26.8 Å². The van der Waals surface area contributed by atoms with Gasteiger partial charge in [0.2, 0.25) is 0 Å². The number of rotatable bonds is 6. The summed E-state index contributed by atoms with van der Waals surface area (Å²) in [4.78, 5) is 0. The topological polar surface area (TPSA) is 29.9 Å². The monoisotopic (exact) mass is 239 g/mol. The maximum atomic E-state index is 6.18. The summed E-state index contributed by atoms with van der Waals surface area (Å²) in [5.74, 6) is 2.62. The first-order chi connectivity index (χ1) is 7.70. The molecule has 0 aliphatic heterocycles. The maximum Gasteiger partial charge on any atom is 0.0860 e. The number of aromatic nitrogens is 2. The fraction of sp³-hybridized carbons (Fsp3) is 0.583. The van der Waals surface area contributed by atoms with Crippen molar-refractivity contribution < 1.29 is 0 Å². The highest BCUT2D eigenvalue weighted by molar-refractivity contribution is 6.31. The second-order valence-corrected chi connectivity index (χ2v) is 4.02. The van der Waals surface area contributed by atoms with Crippen LogP contribution in [0, 0.1) is 19.3 Å². The van der Waals surface area contributed by atoms with Gasteiger partial charge in [0.15, 0.2) is 0 Å². The zero-order valence-electron chi connectivity index (χ0n) is 9.89. The lowest BCUT2D eigenvalue weighted by Gasteiger charge is -2.06. The van der Waals surface area contributed by atoms with Crippen molar-refractivity contribution in [2.45, 2.75) is 39.8 Å². The Labute approximate surface area is 102 Å². The number of halogens is 1. The molecule has 0 fully saturated rings. The molecule has 0 unspecified atom stereocenters. The Bertz CT molecular complexity index is 376. The van der Waals surface area contributed by atoms with Gasteiger partial charge < -0.3 is 5.32 Å². The molecular weight excluding hydrogens is 222 g/mol. The number of hydrogen-bond donors (Lipinski definition) is 1. The number of nitrogens with zero attached hydrogens (tertiary/aromatic N) is 2.